The Bertz CT molecular complexity index is 155. The number of esters is 1. The van der Waals surface area contributed by atoms with Crippen LogP contribution in [0.25, 0.3) is 0 Å². The molecule has 0 fully saturated rings. The summed E-state index contributed by atoms with van der Waals surface area (Å²) in [4.78, 5) is 10.9. The molecule has 0 rings (SSSR count). The van der Waals surface area contributed by atoms with Crippen molar-refractivity contribution in [1.82, 2.24) is 0 Å². The van der Waals surface area contributed by atoms with E-state index in [0.29, 0.717) is 0 Å². The van der Waals surface area contributed by atoms with Gasteiger partial charge in [0, 0.05) is 0 Å². The van der Waals surface area contributed by atoms with E-state index >= 15 is 0 Å². The molecule has 2 heteroatoms. The first kappa shape index (κ1) is 10.0. The molecule has 0 aliphatic heterocycles. The largest absolute Gasteiger partial charge is 0.468 e. The Balaban J connectivity index is 3.78. The lowest BCUT2D eigenvalue weighted by atomic mass is 10.0. The van der Waals surface area contributed by atoms with Gasteiger partial charge in [0.1, 0.15) is 5.92 Å². The lowest BCUT2D eigenvalue weighted by Crippen LogP contribution is -2.13. The molecule has 0 N–H and O–H groups in total. The van der Waals surface area contributed by atoms with E-state index in [1.54, 1.807) is 0 Å². The van der Waals surface area contributed by atoms with Gasteiger partial charge in [0.15, 0.2) is 0 Å². The van der Waals surface area contributed by atoms with Crippen molar-refractivity contribution in [2.75, 3.05) is 7.11 Å². The molecule has 0 amide bonds. The van der Waals surface area contributed by atoms with E-state index in [1.807, 2.05) is 0 Å². The average Bonchev–Trinajstić information content (AvgIpc) is 2.05. The van der Waals surface area contributed by atoms with Gasteiger partial charge >= 0.3 is 5.97 Å². The molecule has 0 aliphatic rings. The number of ether oxygens (including phenoxy) is 1. The minimum absolute atomic E-state index is 0.291. The predicted octanol–water partition coefficient (Wildman–Crippen LogP) is 1.60. The van der Waals surface area contributed by atoms with E-state index in [-0.39, 0.29) is 11.9 Å². The Morgan fingerprint density at radius 2 is 2.36 bits per heavy atom. The van der Waals surface area contributed by atoms with Crippen LogP contribution in [-0.4, -0.2) is 13.1 Å². The Kier molecular flexibility index (Phi) is 5.28. The van der Waals surface area contributed by atoms with Crippen LogP contribution < -0.4 is 0 Å². The fourth-order valence-electron chi connectivity index (χ4n) is 0.820. The number of carbonyl (C=O) groups excluding carboxylic acids is 1. The minimum atomic E-state index is -0.347. The third-order valence-electron chi connectivity index (χ3n) is 1.53. The number of hydrogen-bond acceptors (Lipinski definition) is 2. The first-order valence-corrected chi connectivity index (χ1v) is 3.80. The normalized spacial score (nSPS) is 11.7. The third-order valence-corrected chi connectivity index (χ3v) is 1.53. The molecule has 11 heavy (non-hydrogen) atoms. The highest BCUT2D eigenvalue weighted by atomic mass is 16.5. The summed E-state index contributed by atoms with van der Waals surface area (Å²) in [6.45, 7) is 2.06. The zero-order valence-electron chi connectivity index (χ0n) is 7.09. The molecule has 0 aromatic rings. The molecule has 2 nitrogen and oxygen atoms in total. The van der Waals surface area contributed by atoms with Crippen molar-refractivity contribution in [2.24, 2.45) is 5.92 Å². The SMILES string of the molecule is C#CC(CCCC)C(=O)OC. The maximum absolute atomic E-state index is 10.9. The summed E-state index contributed by atoms with van der Waals surface area (Å²) < 4.78 is 4.52. The van der Waals surface area contributed by atoms with Crippen LogP contribution in [0.1, 0.15) is 26.2 Å². The Morgan fingerprint density at radius 1 is 1.73 bits per heavy atom. The molecule has 0 saturated heterocycles. The maximum atomic E-state index is 10.9. The van der Waals surface area contributed by atoms with Crippen molar-refractivity contribution in [3.05, 3.63) is 0 Å². The second-order valence-corrected chi connectivity index (χ2v) is 2.38. The molecule has 0 aromatic carbocycles. The highest BCUT2D eigenvalue weighted by Crippen LogP contribution is 2.08. The molecular formula is C9H14O2. The second-order valence-electron chi connectivity index (χ2n) is 2.38. The van der Waals surface area contributed by atoms with Gasteiger partial charge in [-0.15, -0.1) is 6.42 Å². The Morgan fingerprint density at radius 3 is 2.73 bits per heavy atom. The van der Waals surface area contributed by atoms with E-state index in [9.17, 15) is 4.79 Å². The van der Waals surface area contributed by atoms with Gasteiger partial charge in [-0.3, -0.25) is 4.79 Å². The van der Waals surface area contributed by atoms with Gasteiger partial charge in [0.25, 0.3) is 0 Å². The summed E-state index contributed by atoms with van der Waals surface area (Å²) in [5, 5.41) is 0. The number of unbranched alkanes of at least 4 members (excludes halogenated alkanes) is 1. The van der Waals surface area contributed by atoms with Crippen molar-refractivity contribution in [3.63, 3.8) is 0 Å². The number of rotatable bonds is 4. The van der Waals surface area contributed by atoms with Crippen molar-refractivity contribution >= 4 is 5.97 Å². The third kappa shape index (κ3) is 3.67. The van der Waals surface area contributed by atoms with Crippen LogP contribution in [-0.2, 0) is 9.53 Å². The zero-order chi connectivity index (χ0) is 8.69. The van der Waals surface area contributed by atoms with Crippen LogP contribution >= 0.6 is 0 Å². The average molecular weight is 154 g/mol. The van der Waals surface area contributed by atoms with Crippen LogP contribution in [0.15, 0.2) is 0 Å². The van der Waals surface area contributed by atoms with Gasteiger partial charge in [-0.05, 0) is 6.42 Å². The van der Waals surface area contributed by atoms with Crippen molar-refractivity contribution in [3.8, 4) is 12.3 Å². The van der Waals surface area contributed by atoms with Crippen molar-refractivity contribution < 1.29 is 9.53 Å². The molecule has 0 bridgehead atoms. The van der Waals surface area contributed by atoms with Gasteiger partial charge < -0.3 is 4.74 Å². The Labute approximate surface area is 67.9 Å². The molecule has 0 saturated carbocycles. The number of hydrogen-bond donors (Lipinski definition) is 0. The van der Waals surface area contributed by atoms with E-state index < -0.39 is 0 Å². The number of methoxy groups -OCH3 is 1. The Hall–Kier alpha value is -0.970. The van der Waals surface area contributed by atoms with Crippen LogP contribution in [0.2, 0.25) is 0 Å². The number of terminal acetylenes is 1. The maximum Gasteiger partial charge on any atom is 0.320 e. The van der Waals surface area contributed by atoms with Gasteiger partial charge in [0.05, 0.1) is 7.11 Å². The van der Waals surface area contributed by atoms with Gasteiger partial charge in [0.2, 0.25) is 0 Å². The molecule has 1 atom stereocenters. The first-order chi connectivity index (χ1) is 5.26. The first-order valence-electron chi connectivity index (χ1n) is 3.80. The zero-order valence-corrected chi connectivity index (χ0v) is 7.09. The summed E-state index contributed by atoms with van der Waals surface area (Å²) >= 11 is 0. The van der Waals surface area contributed by atoms with E-state index in [2.05, 4.69) is 17.6 Å². The smallest absolute Gasteiger partial charge is 0.320 e. The van der Waals surface area contributed by atoms with E-state index in [4.69, 9.17) is 6.42 Å². The molecule has 0 aromatic heterocycles. The predicted molar refractivity (Wildman–Crippen MR) is 43.9 cm³/mol. The van der Waals surface area contributed by atoms with Crippen LogP contribution in [0.3, 0.4) is 0 Å². The summed E-state index contributed by atoms with van der Waals surface area (Å²) in [5.74, 6) is 1.77. The van der Waals surface area contributed by atoms with Crippen molar-refractivity contribution in [2.45, 2.75) is 26.2 Å². The van der Waals surface area contributed by atoms with Gasteiger partial charge in [-0.25, -0.2) is 0 Å². The number of carbonyl (C=O) groups is 1. The second kappa shape index (κ2) is 5.79. The molecule has 0 heterocycles. The van der Waals surface area contributed by atoms with E-state index in [1.165, 1.54) is 7.11 Å². The van der Waals surface area contributed by atoms with Gasteiger partial charge in [-0.2, -0.15) is 0 Å². The van der Waals surface area contributed by atoms with Gasteiger partial charge in [-0.1, -0.05) is 25.7 Å². The van der Waals surface area contributed by atoms with E-state index in [0.717, 1.165) is 19.3 Å². The molecule has 62 valence electrons. The molecule has 0 aliphatic carbocycles. The summed E-state index contributed by atoms with van der Waals surface area (Å²) in [5.41, 5.74) is 0. The van der Waals surface area contributed by atoms with Crippen LogP contribution in [0.5, 0.6) is 0 Å². The van der Waals surface area contributed by atoms with Crippen LogP contribution in [0, 0.1) is 18.3 Å². The quantitative estimate of drug-likeness (QED) is 0.454. The van der Waals surface area contributed by atoms with Crippen LogP contribution in [0.4, 0.5) is 0 Å². The minimum Gasteiger partial charge on any atom is -0.468 e. The summed E-state index contributed by atoms with van der Waals surface area (Å²) in [6.07, 6.45) is 7.90. The fraction of sp³-hybridized carbons (Fsp3) is 0.667. The lowest BCUT2D eigenvalue weighted by molar-refractivity contribution is -0.143. The summed E-state index contributed by atoms with van der Waals surface area (Å²) in [7, 11) is 1.36. The molecule has 0 radical (unpaired) electrons. The van der Waals surface area contributed by atoms with Crippen molar-refractivity contribution in [1.29, 1.82) is 0 Å². The summed E-state index contributed by atoms with van der Waals surface area (Å²) in [6, 6.07) is 0. The molecular weight excluding hydrogens is 140 g/mol. The highest BCUT2D eigenvalue weighted by molar-refractivity contribution is 5.75. The highest BCUT2D eigenvalue weighted by Gasteiger charge is 2.14. The standard InChI is InChI=1S/C9H14O2/c1-4-6-7-8(5-2)9(10)11-3/h2,8H,4,6-7H2,1,3H3. The fourth-order valence-corrected chi connectivity index (χ4v) is 0.820. The molecule has 0 spiro atoms. The monoisotopic (exact) mass is 154 g/mol. The topological polar surface area (TPSA) is 26.3 Å². The lowest BCUT2D eigenvalue weighted by Gasteiger charge is -2.05. The molecule has 1 unspecified atom stereocenters.